The van der Waals surface area contributed by atoms with E-state index in [1.165, 1.54) is 6.07 Å². The first-order valence-electron chi connectivity index (χ1n) is 8.20. The minimum atomic E-state index is -0.308. The summed E-state index contributed by atoms with van der Waals surface area (Å²) in [4.78, 5) is 16.5. The highest BCUT2D eigenvalue weighted by Crippen LogP contribution is 2.35. The summed E-state index contributed by atoms with van der Waals surface area (Å²) in [5.74, 6) is 1.27. The molecule has 6 heteroatoms. The van der Waals surface area contributed by atoms with Gasteiger partial charge in [-0.3, -0.25) is 0 Å². The molecule has 1 aromatic carbocycles. The molecule has 0 bridgehead atoms. The molecule has 0 unspecified atom stereocenters. The zero-order valence-electron chi connectivity index (χ0n) is 14.1. The van der Waals surface area contributed by atoms with Gasteiger partial charge in [-0.25, -0.2) is 14.2 Å². The van der Waals surface area contributed by atoms with Gasteiger partial charge in [-0.05, 0) is 49.8 Å². The SMILES string of the molecule is Cc1nc(CNC(=O)N[C@@H]2c3cccc(F)c3CC[C@@H]2C)oc1C. The first-order valence-corrected chi connectivity index (χ1v) is 8.20. The molecule has 0 aliphatic heterocycles. The summed E-state index contributed by atoms with van der Waals surface area (Å²) in [6.45, 7) is 5.98. The maximum Gasteiger partial charge on any atom is 0.315 e. The smallest absolute Gasteiger partial charge is 0.315 e. The summed E-state index contributed by atoms with van der Waals surface area (Å²) in [6, 6.07) is 4.55. The molecule has 0 saturated heterocycles. The third-order valence-corrected chi connectivity index (χ3v) is 4.67. The van der Waals surface area contributed by atoms with Crippen LogP contribution in [0.2, 0.25) is 0 Å². The number of amides is 2. The quantitative estimate of drug-likeness (QED) is 0.904. The van der Waals surface area contributed by atoms with Gasteiger partial charge in [-0.15, -0.1) is 0 Å². The highest BCUT2D eigenvalue weighted by atomic mass is 19.1. The van der Waals surface area contributed by atoms with E-state index in [1.54, 1.807) is 6.07 Å². The topological polar surface area (TPSA) is 67.2 Å². The Morgan fingerprint density at radius 2 is 2.21 bits per heavy atom. The first kappa shape index (κ1) is 16.5. The van der Waals surface area contributed by atoms with Crippen molar-refractivity contribution in [3.8, 4) is 0 Å². The number of aryl methyl sites for hydroxylation is 2. The highest BCUT2D eigenvalue weighted by Gasteiger charge is 2.29. The van der Waals surface area contributed by atoms with Crippen molar-refractivity contribution in [1.82, 2.24) is 15.6 Å². The number of hydrogen-bond acceptors (Lipinski definition) is 3. The van der Waals surface area contributed by atoms with E-state index in [0.29, 0.717) is 17.9 Å². The third kappa shape index (κ3) is 3.27. The Bertz CT molecular complexity index is 737. The third-order valence-electron chi connectivity index (χ3n) is 4.67. The van der Waals surface area contributed by atoms with Crippen molar-refractivity contribution in [2.75, 3.05) is 0 Å². The zero-order valence-corrected chi connectivity index (χ0v) is 14.1. The fourth-order valence-electron chi connectivity index (χ4n) is 3.16. The summed E-state index contributed by atoms with van der Waals surface area (Å²) in [6.07, 6.45) is 1.55. The molecule has 0 spiro atoms. The molecule has 128 valence electrons. The molecule has 1 aliphatic carbocycles. The lowest BCUT2D eigenvalue weighted by Crippen LogP contribution is -2.41. The molecule has 2 N–H and O–H groups in total. The average molecular weight is 331 g/mol. The van der Waals surface area contributed by atoms with Crippen LogP contribution in [-0.4, -0.2) is 11.0 Å². The van der Waals surface area contributed by atoms with Crippen LogP contribution in [0.4, 0.5) is 9.18 Å². The zero-order chi connectivity index (χ0) is 17.3. The van der Waals surface area contributed by atoms with Crippen LogP contribution in [0.1, 0.15) is 47.9 Å². The average Bonchev–Trinajstić information content (AvgIpc) is 2.87. The molecule has 1 aliphatic rings. The van der Waals surface area contributed by atoms with Gasteiger partial charge in [0.2, 0.25) is 5.89 Å². The van der Waals surface area contributed by atoms with E-state index >= 15 is 0 Å². The van der Waals surface area contributed by atoms with Gasteiger partial charge in [0.1, 0.15) is 11.6 Å². The predicted molar refractivity (Wildman–Crippen MR) is 88.0 cm³/mol. The number of nitrogens with one attached hydrogen (secondary N) is 2. The lowest BCUT2D eigenvalue weighted by Gasteiger charge is -2.32. The number of carbonyl (C=O) groups is 1. The Hall–Kier alpha value is -2.37. The van der Waals surface area contributed by atoms with Crippen LogP contribution in [0.15, 0.2) is 22.6 Å². The van der Waals surface area contributed by atoms with Crippen LogP contribution < -0.4 is 10.6 Å². The normalized spacial score (nSPS) is 19.7. The van der Waals surface area contributed by atoms with Crippen molar-refractivity contribution in [2.45, 2.75) is 46.2 Å². The lowest BCUT2D eigenvalue weighted by molar-refractivity contribution is 0.227. The first-order chi connectivity index (χ1) is 11.5. The van der Waals surface area contributed by atoms with Crippen molar-refractivity contribution in [3.63, 3.8) is 0 Å². The van der Waals surface area contributed by atoms with E-state index in [9.17, 15) is 9.18 Å². The van der Waals surface area contributed by atoms with Gasteiger partial charge >= 0.3 is 6.03 Å². The second-order valence-electron chi connectivity index (χ2n) is 6.38. The van der Waals surface area contributed by atoms with Gasteiger partial charge in [-0.2, -0.15) is 0 Å². The maximum absolute atomic E-state index is 14.0. The van der Waals surface area contributed by atoms with E-state index in [0.717, 1.165) is 23.4 Å². The number of benzene rings is 1. The number of halogens is 1. The van der Waals surface area contributed by atoms with Crippen LogP contribution in [0, 0.1) is 25.6 Å². The predicted octanol–water partition coefficient (Wildman–Crippen LogP) is 3.55. The van der Waals surface area contributed by atoms with Crippen molar-refractivity contribution in [1.29, 1.82) is 0 Å². The minimum absolute atomic E-state index is 0.197. The summed E-state index contributed by atoms with van der Waals surface area (Å²) in [5.41, 5.74) is 2.39. The summed E-state index contributed by atoms with van der Waals surface area (Å²) in [5, 5.41) is 5.71. The fraction of sp³-hybridized carbons (Fsp3) is 0.444. The number of carbonyl (C=O) groups excluding carboxylic acids is 1. The number of rotatable bonds is 3. The van der Waals surface area contributed by atoms with Crippen LogP contribution in [0.3, 0.4) is 0 Å². The number of aromatic nitrogens is 1. The Labute approximate surface area is 140 Å². The second kappa shape index (κ2) is 6.63. The maximum atomic E-state index is 14.0. The second-order valence-corrected chi connectivity index (χ2v) is 6.38. The van der Waals surface area contributed by atoms with Crippen LogP contribution in [0.5, 0.6) is 0 Å². The fourth-order valence-corrected chi connectivity index (χ4v) is 3.16. The van der Waals surface area contributed by atoms with Crippen molar-refractivity contribution in [3.05, 3.63) is 52.5 Å². The standard InChI is InChI=1S/C18H22FN3O2/c1-10-7-8-13-14(5-4-6-15(13)19)17(10)22-18(23)20-9-16-21-11(2)12(3)24-16/h4-6,10,17H,7-9H2,1-3H3,(H2,20,22,23)/t10-,17-/m0/s1. The molecule has 2 aromatic rings. The van der Waals surface area contributed by atoms with E-state index in [2.05, 4.69) is 22.5 Å². The molecule has 1 heterocycles. The number of oxazole rings is 1. The Morgan fingerprint density at radius 1 is 1.42 bits per heavy atom. The molecule has 0 fully saturated rings. The largest absolute Gasteiger partial charge is 0.444 e. The monoisotopic (exact) mass is 331 g/mol. The van der Waals surface area contributed by atoms with E-state index in [4.69, 9.17) is 4.42 Å². The van der Waals surface area contributed by atoms with E-state index in [-0.39, 0.29) is 30.4 Å². The number of fused-ring (bicyclic) bond motifs is 1. The number of hydrogen-bond donors (Lipinski definition) is 2. The van der Waals surface area contributed by atoms with Crippen LogP contribution in [-0.2, 0) is 13.0 Å². The lowest BCUT2D eigenvalue weighted by atomic mass is 9.80. The summed E-state index contributed by atoms with van der Waals surface area (Å²) in [7, 11) is 0. The molecule has 3 rings (SSSR count). The van der Waals surface area contributed by atoms with Gasteiger partial charge in [0.25, 0.3) is 0 Å². The van der Waals surface area contributed by atoms with E-state index < -0.39 is 0 Å². The minimum Gasteiger partial charge on any atom is -0.444 e. The van der Waals surface area contributed by atoms with Gasteiger partial charge in [0, 0.05) is 0 Å². The molecule has 0 saturated carbocycles. The molecule has 5 nitrogen and oxygen atoms in total. The molecule has 24 heavy (non-hydrogen) atoms. The van der Waals surface area contributed by atoms with Crippen molar-refractivity contribution >= 4 is 6.03 Å². The van der Waals surface area contributed by atoms with Crippen molar-refractivity contribution < 1.29 is 13.6 Å². The molecular formula is C18H22FN3O2. The van der Waals surface area contributed by atoms with Crippen LogP contribution >= 0.6 is 0 Å². The van der Waals surface area contributed by atoms with Gasteiger partial charge in [0.15, 0.2) is 0 Å². The highest BCUT2D eigenvalue weighted by molar-refractivity contribution is 5.74. The summed E-state index contributed by atoms with van der Waals surface area (Å²) < 4.78 is 19.4. The Balaban J connectivity index is 1.67. The van der Waals surface area contributed by atoms with Crippen LogP contribution in [0.25, 0.3) is 0 Å². The Morgan fingerprint density at radius 3 is 2.92 bits per heavy atom. The number of urea groups is 1. The molecule has 2 atom stereocenters. The van der Waals surface area contributed by atoms with Gasteiger partial charge in [-0.1, -0.05) is 19.1 Å². The van der Waals surface area contributed by atoms with Gasteiger partial charge in [0.05, 0.1) is 18.3 Å². The van der Waals surface area contributed by atoms with Crippen molar-refractivity contribution in [2.24, 2.45) is 5.92 Å². The molecular weight excluding hydrogens is 309 g/mol. The molecule has 2 amide bonds. The number of nitrogens with zero attached hydrogens (tertiary/aromatic N) is 1. The molecule has 0 radical (unpaired) electrons. The van der Waals surface area contributed by atoms with E-state index in [1.807, 2.05) is 19.9 Å². The molecule has 1 aromatic heterocycles. The summed E-state index contributed by atoms with van der Waals surface area (Å²) >= 11 is 0. The Kier molecular flexibility index (Phi) is 4.55. The van der Waals surface area contributed by atoms with Gasteiger partial charge < -0.3 is 15.1 Å².